The third kappa shape index (κ3) is 2.24. The SMILES string of the molecule is CCc1nnc2n1CCN(c1ncnc3c1nnn3-c1ccccc1)C2. The zero-order chi connectivity index (χ0) is 17.5. The van der Waals surface area contributed by atoms with Crippen LogP contribution in [0.4, 0.5) is 5.82 Å². The molecule has 1 aliphatic rings. The number of hydrogen-bond donors (Lipinski definition) is 0. The molecule has 0 saturated heterocycles. The molecular weight excluding hydrogens is 330 g/mol. The lowest BCUT2D eigenvalue weighted by molar-refractivity contribution is 0.542. The first-order chi connectivity index (χ1) is 12.8. The molecule has 9 heteroatoms. The molecule has 130 valence electrons. The van der Waals surface area contributed by atoms with Gasteiger partial charge in [-0.05, 0) is 12.1 Å². The van der Waals surface area contributed by atoms with E-state index >= 15 is 0 Å². The summed E-state index contributed by atoms with van der Waals surface area (Å²) in [5.41, 5.74) is 2.31. The van der Waals surface area contributed by atoms with Crippen LogP contribution in [0.15, 0.2) is 36.7 Å². The number of rotatable bonds is 3. The Bertz CT molecular complexity index is 1070. The zero-order valence-electron chi connectivity index (χ0n) is 14.3. The van der Waals surface area contributed by atoms with Gasteiger partial charge >= 0.3 is 0 Å². The quantitative estimate of drug-likeness (QED) is 0.553. The molecule has 3 aromatic heterocycles. The molecule has 0 bridgehead atoms. The monoisotopic (exact) mass is 347 g/mol. The minimum Gasteiger partial charge on any atom is -0.345 e. The third-order valence-corrected chi connectivity index (χ3v) is 4.66. The van der Waals surface area contributed by atoms with Crippen LogP contribution in [0.5, 0.6) is 0 Å². The number of benzene rings is 1. The Morgan fingerprint density at radius 2 is 1.88 bits per heavy atom. The van der Waals surface area contributed by atoms with Crippen molar-refractivity contribution < 1.29 is 0 Å². The maximum Gasteiger partial charge on any atom is 0.189 e. The van der Waals surface area contributed by atoms with Crippen LogP contribution < -0.4 is 4.90 Å². The Morgan fingerprint density at radius 3 is 2.73 bits per heavy atom. The van der Waals surface area contributed by atoms with Gasteiger partial charge < -0.3 is 9.47 Å². The lowest BCUT2D eigenvalue weighted by atomic mass is 10.3. The van der Waals surface area contributed by atoms with Gasteiger partial charge in [-0.1, -0.05) is 30.3 Å². The summed E-state index contributed by atoms with van der Waals surface area (Å²) in [6.07, 6.45) is 2.45. The van der Waals surface area contributed by atoms with E-state index in [0.29, 0.717) is 17.7 Å². The lowest BCUT2D eigenvalue weighted by Gasteiger charge is -2.28. The van der Waals surface area contributed by atoms with Crippen LogP contribution in [0.2, 0.25) is 0 Å². The Labute approximate surface area is 149 Å². The standard InChI is InChI=1S/C17H17N9/c1-2-13-20-21-14-10-24(8-9-25(13)14)16-15-17(19-11-18-16)26(23-22-15)12-6-4-3-5-7-12/h3-7,11H,2,8-10H2,1H3. The molecule has 0 aliphatic carbocycles. The van der Waals surface area contributed by atoms with E-state index in [0.717, 1.165) is 42.7 Å². The number of para-hydroxylation sites is 1. The van der Waals surface area contributed by atoms with Crippen molar-refractivity contribution in [3.63, 3.8) is 0 Å². The fourth-order valence-electron chi connectivity index (χ4n) is 3.37. The van der Waals surface area contributed by atoms with Crippen LogP contribution in [0.1, 0.15) is 18.6 Å². The molecule has 1 aliphatic heterocycles. The minimum absolute atomic E-state index is 0.650. The highest BCUT2D eigenvalue weighted by molar-refractivity contribution is 5.83. The highest BCUT2D eigenvalue weighted by atomic mass is 15.5. The zero-order valence-corrected chi connectivity index (χ0v) is 14.3. The topological polar surface area (TPSA) is 90.4 Å². The molecule has 4 heterocycles. The number of hydrogen-bond acceptors (Lipinski definition) is 7. The summed E-state index contributed by atoms with van der Waals surface area (Å²) < 4.78 is 3.93. The van der Waals surface area contributed by atoms with Crippen molar-refractivity contribution in [2.24, 2.45) is 0 Å². The third-order valence-electron chi connectivity index (χ3n) is 4.66. The van der Waals surface area contributed by atoms with Crippen LogP contribution in [0.3, 0.4) is 0 Å². The Morgan fingerprint density at radius 1 is 1.00 bits per heavy atom. The van der Waals surface area contributed by atoms with Crippen LogP contribution in [-0.2, 0) is 19.5 Å². The summed E-state index contributed by atoms with van der Waals surface area (Å²) >= 11 is 0. The van der Waals surface area contributed by atoms with E-state index in [-0.39, 0.29) is 0 Å². The van der Waals surface area contributed by atoms with Gasteiger partial charge in [-0.2, -0.15) is 4.68 Å². The minimum atomic E-state index is 0.650. The Hall–Kier alpha value is -3.36. The molecule has 0 atom stereocenters. The first-order valence-corrected chi connectivity index (χ1v) is 8.63. The van der Waals surface area contributed by atoms with E-state index < -0.39 is 0 Å². The second-order valence-electron chi connectivity index (χ2n) is 6.17. The summed E-state index contributed by atoms with van der Waals surface area (Å²) in [6, 6.07) is 9.86. The predicted octanol–water partition coefficient (Wildman–Crippen LogP) is 1.38. The number of anilines is 1. The summed E-state index contributed by atoms with van der Waals surface area (Å²) in [7, 11) is 0. The normalized spacial score (nSPS) is 14.0. The number of fused-ring (bicyclic) bond motifs is 2. The van der Waals surface area contributed by atoms with Gasteiger partial charge in [-0.3, -0.25) is 0 Å². The highest BCUT2D eigenvalue weighted by Gasteiger charge is 2.24. The number of nitrogens with zero attached hydrogens (tertiary/aromatic N) is 9. The Kier molecular flexibility index (Phi) is 3.37. The average molecular weight is 347 g/mol. The van der Waals surface area contributed by atoms with Crippen molar-refractivity contribution in [2.75, 3.05) is 11.4 Å². The van der Waals surface area contributed by atoms with Gasteiger partial charge in [0.15, 0.2) is 22.8 Å². The maximum atomic E-state index is 4.48. The van der Waals surface area contributed by atoms with Crippen LogP contribution in [0.25, 0.3) is 16.9 Å². The van der Waals surface area contributed by atoms with E-state index in [1.807, 2.05) is 30.3 Å². The molecule has 0 spiro atoms. The van der Waals surface area contributed by atoms with Crippen LogP contribution in [0, 0.1) is 0 Å². The molecule has 0 fully saturated rings. The van der Waals surface area contributed by atoms with Crippen molar-refractivity contribution >= 4 is 17.0 Å². The molecule has 5 rings (SSSR count). The van der Waals surface area contributed by atoms with Crippen molar-refractivity contribution in [2.45, 2.75) is 26.4 Å². The molecule has 0 amide bonds. The second-order valence-corrected chi connectivity index (χ2v) is 6.17. The summed E-state index contributed by atoms with van der Waals surface area (Å²) in [4.78, 5) is 11.0. The van der Waals surface area contributed by atoms with E-state index in [4.69, 9.17) is 0 Å². The van der Waals surface area contributed by atoms with Gasteiger partial charge in [0.05, 0.1) is 12.2 Å². The largest absolute Gasteiger partial charge is 0.345 e. The first-order valence-electron chi connectivity index (χ1n) is 8.63. The van der Waals surface area contributed by atoms with Gasteiger partial charge in [0.1, 0.15) is 12.2 Å². The van der Waals surface area contributed by atoms with Gasteiger partial charge in [0.2, 0.25) is 0 Å². The average Bonchev–Trinajstić information content (AvgIpc) is 3.32. The number of aryl methyl sites for hydroxylation is 1. The molecule has 1 aromatic carbocycles. The van der Waals surface area contributed by atoms with Crippen molar-refractivity contribution in [1.29, 1.82) is 0 Å². The molecule has 9 nitrogen and oxygen atoms in total. The van der Waals surface area contributed by atoms with Crippen molar-refractivity contribution in [3.8, 4) is 5.69 Å². The fourth-order valence-corrected chi connectivity index (χ4v) is 3.37. The maximum absolute atomic E-state index is 4.48. The van der Waals surface area contributed by atoms with Gasteiger partial charge in [0.25, 0.3) is 0 Å². The van der Waals surface area contributed by atoms with E-state index in [9.17, 15) is 0 Å². The van der Waals surface area contributed by atoms with E-state index in [2.05, 4.69) is 46.9 Å². The lowest BCUT2D eigenvalue weighted by Crippen LogP contribution is -2.35. The van der Waals surface area contributed by atoms with Gasteiger partial charge in [-0.25, -0.2) is 9.97 Å². The van der Waals surface area contributed by atoms with Crippen LogP contribution >= 0.6 is 0 Å². The fraction of sp³-hybridized carbons (Fsp3) is 0.294. The Balaban J connectivity index is 1.55. The van der Waals surface area contributed by atoms with Crippen molar-refractivity contribution in [1.82, 2.24) is 39.7 Å². The predicted molar refractivity (Wildman–Crippen MR) is 94.9 cm³/mol. The molecular formula is C17H17N9. The summed E-state index contributed by atoms with van der Waals surface area (Å²) in [5, 5.41) is 17.2. The van der Waals surface area contributed by atoms with Crippen molar-refractivity contribution in [3.05, 3.63) is 48.3 Å². The summed E-state index contributed by atoms with van der Waals surface area (Å²) in [6.45, 7) is 4.41. The smallest absolute Gasteiger partial charge is 0.189 e. The molecule has 4 aromatic rings. The highest BCUT2D eigenvalue weighted by Crippen LogP contribution is 2.25. The first kappa shape index (κ1) is 14.9. The van der Waals surface area contributed by atoms with E-state index in [1.165, 1.54) is 0 Å². The van der Waals surface area contributed by atoms with Gasteiger partial charge in [-0.15, -0.1) is 15.3 Å². The molecule has 0 N–H and O–H groups in total. The molecule has 26 heavy (non-hydrogen) atoms. The van der Waals surface area contributed by atoms with Crippen LogP contribution in [-0.4, -0.2) is 46.3 Å². The van der Waals surface area contributed by atoms with Gasteiger partial charge in [0, 0.05) is 19.5 Å². The summed E-state index contributed by atoms with van der Waals surface area (Å²) in [5.74, 6) is 2.77. The number of aromatic nitrogens is 8. The molecule has 0 unspecified atom stereocenters. The molecule has 0 saturated carbocycles. The van der Waals surface area contributed by atoms with E-state index in [1.54, 1.807) is 11.0 Å². The second kappa shape index (κ2) is 5.87. The molecule has 0 radical (unpaired) electrons.